The molecule has 3 nitrogen and oxygen atoms in total. The second kappa shape index (κ2) is 4.09. The molecule has 76 valence electrons. The summed E-state index contributed by atoms with van der Waals surface area (Å²) >= 11 is 1.63. The van der Waals surface area contributed by atoms with Crippen LogP contribution in [0.3, 0.4) is 0 Å². The fourth-order valence-corrected chi connectivity index (χ4v) is 2.04. The summed E-state index contributed by atoms with van der Waals surface area (Å²) in [6, 6.07) is 0.473. The smallest absolute Gasteiger partial charge is 0.220 e. The van der Waals surface area contributed by atoms with Crippen LogP contribution in [-0.4, -0.2) is 16.9 Å². The lowest BCUT2D eigenvalue weighted by molar-refractivity contribution is -0.121. The number of hydrogen-bond donors (Lipinski definition) is 1. The van der Waals surface area contributed by atoms with Gasteiger partial charge in [0.15, 0.2) is 0 Å². The van der Waals surface area contributed by atoms with E-state index in [0.29, 0.717) is 12.5 Å². The summed E-state index contributed by atoms with van der Waals surface area (Å²) in [5, 5.41) is 6.05. The fourth-order valence-electron chi connectivity index (χ4n) is 1.27. The molecule has 0 unspecified atom stereocenters. The highest BCUT2D eigenvalue weighted by atomic mass is 32.1. The Labute approximate surface area is 87.6 Å². The Hall–Kier alpha value is -0.900. The zero-order valence-corrected chi connectivity index (χ0v) is 9.06. The molecule has 1 aliphatic carbocycles. The van der Waals surface area contributed by atoms with Crippen molar-refractivity contribution < 1.29 is 4.79 Å². The van der Waals surface area contributed by atoms with E-state index in [1.807, 2.05) is 12.3 Å². The number of amides is 1. The van der Waals surface area contributed by atoms with E-state index in [4.69, 9.17) is 0 Å². The van der Waals surface area contributed by atoms with Crippen molar-refractivity contribution in [3.63, 3.8) is 0 Å². The van der Waals surface area contributed by atoms with Crippen molar-refractivity contribution >= 4 is 17.2 Å². The summed E-state index contributed by atoms with van der Waals surface area (Å²) < 4.78 is 0. The standard InChI is InChI=1S/C10H14N2OS/c1-7-6-14-10(11-7)5-4-9(13)12-8-2-3-8/h6,8H,2-5H2,1H3,(H,12,13). The van der Waals surface area contributed by atoms with Gasteiger partial charge in [0.25, 0.3) is 0 Å². The number of aryl methyl sites for hydroxylation is 2. The van der Waals surface area contributed by atoms with E-state index in [1.165, 1.54) is 0 Å². The van der Waals surface area contributed by atoms with Crippen LogP contribution in [0.25, 0.3) is 0 Å². The summed E-state index contributed by atoms with van der Waals surface area (Å²) in [6.07, 6.45) is 3.66. The summed E-state index contributed by atoms with van der Waals surface area (Å²) in [7, 11) is 0. The van der Waals surface area contributed by atoms with Gasteiger partial charge in [0, 0.05) is 30.0 Å². The van der Waals surface area contributed by atoms with Gasteiger partial charge in [0.05, 0.1) is 5.01 Å². The molecule has 1 amide bonds. The molecule has 1 aromatic rings. The highest BCUT2D eigenvalue weighted by Crippen LogP contribution is 2.19. The average Bonchev–Trinajstić information content (AvgIpc) is 2.85. The topological polar surface area (TPSA) is 42.0 Å². The van der Waals surface area contributed by atoms with Crippen LogP contribution in [0.4, 0.5) is 0 Å². The highest BCUT2D eigenvalue weighted by molar-refractivity contribution is 7.09. The molecule has 2 rings (SSSR count). The third kappa shape index (κ3) is 2.80. The number of nitrogens with zero attached hydrogens (tertiary/aromatic N) is 1. The Morgan fingerprint density at radius 2 is 2.50 bits per heavy atom. The predicted octanol–water partition coefficient (Wildman–Crippen LogP) is 1.66. The molecule has 1 aromatic heterocycles. The van der Waals surface area contributed by atoms with Crippen LogP contribution >= 0.6 is 11.3 Å². The molecule has 1 fully saturated rings. The summed E-state index contributed by atoms with van der Waals surface area (Å²) in [4.78, 5) is 15.7. The van der Waals surface area contributed by atoms with Gasteiger partial charge in [-0.3, -0.25) is 4.79 Å². The summed E-state index contributed by atoms with van der Waals surface area (Å²) in [6.45, 7) is 1.98. The van der Waals surface area contributed by atoms with Crippen LogP contribution in [0.15, 0.2) is 5.38 Å². The fraction of sp³-hybridized carbons (Fsp3) is 0.600. The first-order valence-corrected chi connectivity index (χ1v) is 5.82. The minimum atomic E-state index is 0.167. The van der Waals surface area contributed by atoms with E-state index in [1.54, 1.807) is 11.3 Å². The third-order valence-corrected chi connectivity index (χ3v) is 3.20. The Balaban J connectivity index is 1.73. The number of thiazole rings is 1. The van der Waals surface area contributed by atoms with Gasteiger partial charge in [0.1, 0.15) is 0 Å². The SMILES string of the molecule is Cc1csc(CCC(=O)NC2CC2)n1. The van der Waals surface area contributed by atoms with Crippen molar-refractivity contribution in [2.24, 2.45) is 0 Å². The molecule has 0 saturated heterocycles. The summed E-state index contributed by atoms with van der Waals surface area (Å²) in [5.41, 5.74) is 1.05. The van der Waals surface area contributed by atoms with Crippen LogP contribution in [0.2, 0.25) is 0 Å². The van der Waals surface area contributed by atoms with Gasteiger partial charge >= 0.3 is 0 Å². The number of carbonyl (C=O) groups is 1. The molecule has 4 heteroatoms. The number of nitrogens with one attached hydrogen (secondary N) is 1. The quantitative estimate of drug-likeness (QED) is 0.821. The van der Waals surface area contributed by atoms with Gasteiger partial charge in [0.2, 0.25) is 5.91 Å². The molecule has 0 aliphatic heterocycles. The number of hydrogen-bond acceptors (Lipinski definition) is 3. The molecule has 14 heavy (non-hydrogen) atoms. The van der Waals surface area contributed by atoms with Gasteiger partial charge in [-0.25, -0.2) is 4.98 Å². The average molecular weight is 210 g/mol. The minimum absolute atomic E-state index is 0.167. The third-order valence-electron chi connectivity index (χ3n) is 2.17. The van der Waals surface area contributed by atoms with Crippen molar-refractivity contribution in [1.29, 1.82) is 0 Å². The normalized spacial score (nSPS) is 15.5. The number of carbonyl (C=O) groups excluding carboxylic acids is 1. The lowest BCUT2D eigenvalue weighted by atomic mass is 10.3. The molecule has 0 bridgehead atoms. The second-order valence-corrected chi connectivity index (χ2v) is 4.67. The van der Waals surface area contributed by atoms with Crippen molar-refractivity contribution in [2.45, 2.75) is 38.6 Å². The first kappa shape index (κ1) is 9.65. The molecular weight excluding hydrogens is 196 g/mol. The van der Waals surface area contributed by atoms with Crippen molar-refractivity contribution in [1.82, 2.24) is 10.3 Å². The van der Waals surface area contributed by atoms with E-state index in [0.717, 1.165) is 30.0 Å². The van der Waals surface area contributed by atoms with Crippen LogP contribution in [0, 0.1) is 6.92 Å². The monoisotopic (exact) mass is 210 g/mol. The molecule has 1 aliphatic rings. The molecule has 1 N–H and O–H groups in total. The molecular formula is C10H14N2OS. The van der Waals surface area contributed by atoms with Crippen molar-refractivity contribution in [2.75, 3.05) is 0 Å². The van der Waals surface area contributed by atoms with Crippen LogP contribution in [0.1, 0.15) is 30.0 Å². The van der Waals surface area contributed by atoms with E-state index in [2.05, 4.69) is 10.3 Å². The Bertz CT molecular complexity index is 331. The van der Waals surface area contributed by atoms with E-state index < -0.39 is 0 Å². The Kier molecular flexibility index (Phi) is 2.82. The largest absolute Gasteiger partial charge is 0.353 e. The van der Waals surface area contributed by atoms with Gasteiger partial charge in [-0.1, -0.05) is 0 Å². The maximum atomic E-state index is 11.3. The maximum absolute atomic E-state index is 11.3. The van der Waals surface area contributed by atoms with E-state index in [-0.39, 0.29) is 5.91 Å². The Morgan fingerprint density at radius 1 is 1.71 bits per heavy atom. The molecule has 1 saturated carbocycles. The lowest BCUT2D eigenvalue weighted by Gasteiger charge is -2.00. The zero-order chi connectivity index (χ0) is 9.97. The molecule has 0 spiro atoms. The van der Waals surface area contributed by atoms with Crippen LogP contribution in [-0.2, 0) is 11.2 Å². The highest BCUT2D eigenvalue weighted by Gasteiger charge is 2.22. The second-order valence-electron chi connectivity index (χ2n) is 3.72. The predicted molar refractivity (Wildman–Crippen MR) is 56.3 cm³/mol. The lowest BCUT2D eigenvalue weighted by Crippen LogP contribution is -2.25. The van der Waals surface area contributed by atoms with Gasteiger partial charge in [-0.15, -0.1) is 11.3 Å². The molecule has 0 atom stereocenters. The van der Waals surface area contributed by atoms with Crippen LogP contribution in [0.5, 0.6) is 0 Å². The van der Waals surface area contributed by atoms with Gasteiger partial charge < -0.3 is 5.32 Å². The van der Waals surface area contributed by atoms with Gasteiger partial charge in [-0.05, 0) is 19.8 Å². The summed E-state index contributed by atoms with van der Waals surface area (Å²) in [5.74, 6) is 0.167. The minimum Gasteiger partial charge on any atom is -0.353 e. The van der Waals surface area contributed by atoms with Crippen LogP contribution < -0.4 is 5.32 Å². The van der Waals surface area contributed by atoms with Crippen molar-refractivity contribution in [3.8, 4) is 0 Å². The molecule has 1 heterocycles. The molecule has 0 radical (unpaired) electrons. The number of rotatable bonds is 4. The zero-order valence-electron chi connectivity index (χ0n) is 8.25. The number of aromatic nitrogens is 1. The van der Waals surface area contributed by atoms with E-state index >= 15 is 0 Å². The van der Waals surface area contributed by atoms with E-state index in [9.17, 15) is 4.79 Å². The Morgan fingerprint density at radius 3 is 3.07 bits per heavy atom. The van der Waals surface area contributed by atoms with Crippen molar-refractivity contribution in [3.05, 3.63) is 16.1 Å². The maximum Gasteiger partial charge on any atom is 0.220 e. The molecule has 0 aromatic carbocycles. The first-order chi connectivity index (χ1) is 6.74. The van der Waals surface area contributed by atoms with Gasteiger partial charge in [-0.2, -0.15) is 0 Å². The first-order valence-electron chi connectivity index (χ1n) is 4.94.